The number of hydrogen-bond acceptors (Lipinski definition) is 4. The molecule has 1 fully saturated rings. The Balaban J connectivity index is 0.000000412. The number of likely N-dealkylation sites (tertiary alicyclic amines) is 1. The van der Waals surface area contributed by atoms with Gasteiger partial charge < -0.3 is 15.1 Å². The van der Waals surface area contributed by atoms with Crippen molar-refractivity contribution in [1.82, 2.24) is 9.88 Å². The van der Waals surface area contributed by atoms with Crippen LogP contribution in [-0.4, -0.2) is 56.7 Å². The van der Waals surface area contributed by atoms with Crippen LogP contribution in [0.5, 0.6) is 0 Å². The average Bonchev–Trinajstić information content (AvgIpc) is 2.54. The summed E-state index contributed by atoms with van der Waals surface area (Å²) < 4.78 is 31.7. The van der Waals surface area contributed by atoms with Crippen LogP contribution in [0, 0.1) is 5.92 Å². The molecule has 1 aromatic heterocycles. The third-order valence-electron chi connectivity index (χ3n) is 3.83. The molecule has 0 bridgehead atoms. The van der Waals surface area contributed by atoms with Crippen LogP contribution in [0.3, 0.4) is 0 Å². The van der Waals surface area contributed by atoms with Gasteiger partial charge in [-0.3, -0.25) is 9.78 Å². The van der Waals surface area contributed by atoms with Crippen LogP contribution in [0.4, 0.5) is 13.2 Å². The van der Waals surface area contributed by atoms with Crippen LogP contribution in [0.15, 0.2) is 24.5 Å². The van der Waals surface area contributed by atoms with E-state index >= 15 is 0 Å². The molecule has 1 amide bonds. The first-order valence-electron chi connectivity index (χ1n) is 7.75. The molecule has 2 atom stereocenters. The number of nitrogens with zero attached hydrogens (tertiary/aromatic N) is 2. The Labute approximate surface area is 147 Å². The van der Waals surface area contributed by atoms with E-state index < -0.39 is 24.2 Å². The number of rotatable bonds is 3. The summed E-state index contributed by atoms with van der Waals surface area (Å²) >= 11 is 0. The fourth-order valence-electron chi connectivity index (χ4n) is 2.62. The minimum atomic E-state index is -5.08. The molecule has 144 valence electrons. The predicted octanol–water partition coefficient (Wildman–Crippen LogP) is 1.97. The third-order valence-corrected chi connectivity index (χ3v) is 3.83. The summed E-state index contributed by atoms with van der Waals surface area (Å²) in [7, 11) is 0. The number of hydrogen-bond donors (Lipinski definition) is 2. The lowest BCUT2D eigenvalue weighted by Crippen LogP contribution is -2.52. The highest BCUT2D eigenvalue weighted by Crippen LogP contribution is 2.24. The number of carbonyl (C=O) groups is 3. The number of aromatic nitrogens is 1. The molecule has 7 nitrogen and oxygen atoms in total. The van der Waals surface area contributed by atoms with Crippen molar-refractivity contribution < 1.29 is 37.8 Å². The van der Waals surface area contributed by atoms with Gasteiger partial charge in [0.25, 0.3) is 0 Å². The average molecular weight is 376 g/mol. The maximum Gasteiger partial charge on any atom is 0.490 e. The molecule has 26 heavy (non-hydrogen) atoms. The first-order valence-corrected chi connectivity index (χ1v) is 7.75. The molecule has 0 aromatic carbocycles. The van der Waals surface area contributed by atoms with Gasteiger partial charge in [0.2, 0.25) is 5.91 Å². The molecule has 1 aromatic rings. The van der Waals surface area contributed by atoms with Gasteiger partial charge in [0, 0.05) is 18.9 Å². The summed E-state index contributed by atoms with van der Waals surface area (Å²) in [6.07, 6.45) is 0.139. The standard InChI is InChI=1S/C14H18N2O3.C2HF3O2/c1-10-4-3-7-16(13(10)14(18)19)12(17)8-11-5-2-6-15-9-11;3-2(4,5)1(6)7/h2,5-6,9-10,13H,3-4,7-8H2,1H3,(H,18,19);(H,6,7). The van der Waals surface area contributed by atoms with Crippen LogP contribution in [0.2, 0.25) is 0 Å². The van der Waals surface area contributed by atoms with Crippen LogP contribution in [-0.2, 0) is 20.8 Å². The van der Waals surface area contributed by atoms with Gasteiger partial charge in [-0.05, 0) is 30.4 Å². The summed E-state index contributed by atoms with van der Waals surface area (Å²) in [4.78, 5) is 38.0. The molecule has 2 unspecified atom stereocenters. The van der Waals surface area contributed by atoms with Crippen molar-refractivity contribution in [2.24, 2.45) is 5.92 Å². The van der Waals surface area contributed by atoms with E-state index in [9.17, 15) is 27.9 Å². The van der Waals surface area contributed by atoms with E-state index in [0.717, 1.165) is 18.4 Å². The van der Waals surface area contributed by atoms with Crippen molar-refractivity contribution in [3.8, 4) is 0 Å². The zero-order valence-corrected chi connectivity index (χ0v) is 13.9. The summed E-state index contributed by atoms with van der Waals surface area (Å²) in [6.45, 7) is 2.42. The summed E-state index contributed by atoms with van der Waals surface area (Å²) in [5.41, 5.74) is 0.815. The van der Waals surface area contributed by atoms with Gasteiger partial charge in [0.15, 0.2) is 0 Å². The van der Waals surface area contributed by atoms with Gasteiger partial charge in [0.05, 0.1) is 6.42 Å². The molecule has 0 saturated carbocycles. The predicted molar refractivity (Wildman–Crippen MR) is 83.2 cm³/mol. The Bertz CT molecular complexity index is 637. The van der Waals surface area contributed by atoms with Gasteiger partial charge >= 0.3 is 18.1 Å². The number of aliphatic carboxylic acids is 2. The highest BCUT2D eigenvalue weighted by atomic mass is 19.4. The van der Waals surface area contributed by atoms with Crippen LogP contribution in [0.25, 0.3) is 0 Å². The van der Waals surface area contributed by atoms with E-state index in [-0.39, 0.29) is 18.2 Å². The van der Waals surface area contributed by atoms with E-state index in [2.05, 4.69) is 4.98 Å². The number of carbonyl (C=O) groups excluding carboxylic acids is 1. The summed E-state index contributed by atoms with van der Waals surface area (Å²) in [5, 5.41) is 16.4. The van der Waals surface area contributed by atoms with Crippen LogP contribution < -0.4 is 0 Å². The van der Waals surface area contributed by atoms with E-state index in [1.165, 1.54) is 4.90 Å². The van der Waals surface area contributed by atoms with E-state index in [0.29, 0.717) is 6.54 Å². The Kier molecular flexibility index (Phi) is 7.54. The van der Waals surface area contributed by atoms with Gasteiger partial charge in [-0.2, -0.15) is 13.2 Å². The highest BCUT2D eigenvalue weighted by Gasteiger charge is 2.38. The fraction of sp³-hybridized carbons (Fsp3) is 0.500. The van der Waals surface area contributed by atoms with Crippen molar-refractivity contribution in [2.45, 2.75) is 38.4 Å². The minimum Gasteiger partial charge on any atom is -0.480 e. The molecular weight excluding hydrogens is 357 g/mol. The molecule has 10 heteroatoms. The smallest absolute Gasteiger partial charge is 0.480 e. The third kappa shape index (κ3) is 6.34. The molecule has 1 aliphatic rings. The Morgan fingerprint density at radius 2 is 1.92 bits per heavy atom. The van der Waals surface area contributed by atoms with E-state index in [1.807, 2.05) is 13.0 Å². The van der Waals surface area contributed by atoms with Gasteiger partial charge in [-0.1, -0.05) is 13.0 Å². The quantitative estimate of drug-likeness (QED) is 0.835. The lowest BCUT2D eigenvalue weighted by atomic mass is 9.90. The molecule has 0 spiro atoms. The number of halogens is 3. The second-order valence-electron chi connectivity index (χ2n) is 5.83. The minimum absolute atomic E-state index is 0.00379. The van der Waals surface area contributed by atoms with Crippen molar-refractivity contribution in [1.29, 1.82) is 0 Å². The normalized spacial score (nSPS) is 19.9. The van der Waals surface area contributed by atoms with Crippen molar-refractivity contribution in [2.75, 3.05) is 6.54 Å². The lowest BCUT2D eigenvalue weighted by Gasteiger charge is -2.37. The van der Waals surface area contributed by atoms with Gasteiger partial charge in [-0.25, -0.2) is 9.59 Å². The van der Waals surface area contributed by atoms with Crippen LogP contribution >= 0.6 is 0 Å². The SMILES string of the molecule is CC1CCCN(C(=O)Cc2cccnc2)C1C(=O)O.O=C(O)C(F)(F)F. The maximum absolute atomic E-state index is 12.3. The first-order chi connectivity index (χ1) is 12.0. The summed E-state index contributed by atoms with van der Waals surface area (Å²) in [6, 6.07) is 2.90. The fourth-order valence-corrected chi connectivity index (χ4v) is 2.62. The summed E-state index contributed by atoms with van der Waals surface area (Å²) in [5.74, 6) is -3.80. The molecule has 0 aliphatic carbocycles. The van der Waals surface area contributed by atoms with E-state index in [4.69, 9.17) is 9.90 Å². The monoisotopic (exact) mass is 376 g/mol. The topological polar surface area (TPSA) is 108 Å². The number of carboxylic acids is 2. The number of carboxylic acid groups (broad SMARTS) is 2. The zero-order valence-electron chi connectivity index (χ0n) is 13.9. The highest BCUT2D eigenvalue weighted by molar-refractivity contribution is 5.85. The second kappa shape index (κ2) is 9.16. The molecule has 1 saturated heterocycles. The van der Waals surface area contributed by atoms with Crippen molar-refractivity contribution in [3.63, 3.8) is 0 Å². The van der Waals surface area contributed by atoms with Crippen molar-refractivity contribution >= 4 is 17.8 Å². The van der Waals surface area contributed by atoms with Crippen LogP contribution in [0.1, 0.15) is 25.3 Å². The number of amides is 1. The molecule has 0 radical (unpaired) electrons. The molecule has 2 N–H and O–H groups in total. The number of pyridine rings is 1. The molecule has 2 heterocycles. The Morgan fingerprint density at radius 3 is 2.38 bits per heavy atom. The van der Waals surface area contributed by atoms with Gasteiger partial charge in [-0.15, -0.1) is 0 Å². The van der Waals surface area contributed by atoms with E-state index in [1.54, 1.807) is 18.5 Å². The number of piperidine rings is 1. The van der Waals surface area contributed by atoms with Crippen molar-refractivity contribution in [3.05, 3.63) is 30.1 Å². The molecular formula is C16H19F3N2O5. The second-order valence-corrected chi connectivity index (χ2v) is 5.83. The Morgan fingerprint density at radius 1 is 1.31 bits per heavy atom. The largest absolute Gasteiger partial charge is 0.490 e. The number of alkyl halides is 3. The molecule has 1 aliphatic heterocycles. The lowest BCUT2D eigenvalue weighted by molar-refractivity contribution is -0.192. The maximum atomic E-state index is 12.3. The zero-order chi connectivity index (χ0) is 19.9. The van der Waals surface area contributed by atoms with Gasteiger partial charge in [0.1, 0.15) is 6.04 Å². The molecule has 2 rings (SSSR count). The first kappa shape index (κ1) is 21.4. The Hall–Kier alpha value is -2.65.